The molecule has 0 unspecified atom stereocenters. The molecule has 0 spiro atoms. The van der Waals surface area contributed by atoms with E-state index in [2.05, 4.69) is 15.2 Å². The van der Waals surface area contributed by atoms with Crippen molar-refractivity contribution < 1.29 is 18.7 Å². The molecule has 0 radical (unpaired) electrons. The van der Waals surface area contributed by atoms with E-state index in [0.717, 1.165) is 51.5 Å². The molecule has 1 aromatic carbocycles. The minimum atomic E-state index is -0.370. The molecule has 26 heavy (non-hydrogen) atoms. The number of amides is 1. The van der Waals surface area contributed by atoms with Crippen molar-refractivity contribution in [3.63, 3.8) is 0 Å². The van der Waals surface area contributed by atoms with E-state index in [1.807, 2.05) is 0 Å². The first-order valence-corrected chi connectivity index (χ1v) is 9.00. The number of fused-ring (bicyclic) bond motifs is 1. The van der Waals surface area contributed by atoms with Crippen LogP contribution in [0.5, 0.6) is 0 Å². The number of benzene rings is 1. The zero-order valence-corrected chi connectivity index (χ0v) is 14.6. The third-order valence-electron chi connectivity index (χ3n) is 4.85. The van der Waals surface area contributed by atoms with E-state index in [-0.39, 0.29) is 11.7 Å². The molecule has 1 N–H and O–H groups in total. The van der Waals surface area contributed by atoms with Crippen molar-refractivity contribution in [3.8, 4) is 0 Å². The van der Waals surface area contributed by atoms with Crippen molar-refractivity contribution in [1.29, 1.82) is 0 Å². The van der Waals surface area contributed by atoms with Crippen LogP contribution in [0.2, 0.25) is 0 Å². The fourth-order valence-electron chi connectivity index (χ4n) is 3.50. The molecule has 2 saturated heterocycles. The number of allylic oxidation sites excluding steroid dienone is 1. The number of aliphatic imine (C=N–C) groups is 1. The number of nitrogens with one attached hydrogen (secondary N) is 1. The van der Waals surface area contributed by atoms with Crippen molar-refractivity contribution in [2.45, 2.75) is 12.8 Å². The minimum absolute atomic E-state index is 0.242. The molecule has 138 valence electrons. The van der Waals surface area contributed by atoms with Crippen LogP contribution in [0.3, 0.4) is 0 Å². The van der Waals surface area contributed by atoms with Crippen molar-refractivity contribution in [3.05, 3.63) is 35.3 Å². The van der Waals surface area contributed by atoms with Crippen LogP contribution < -0.4 is 5.32 Å². The number of morpholine rings is 1. The van der Waals surface area contributed by atoms with E-state index < -0.39 is 0 Å². The molecule has 0 aliphatic carbocycles. The molecule has 7 heteroatoms. The summed E-state index contributed by atoms with van der Waals surface area (Å²) in [6.45, 7) is 5.80. The molecule has 3 aliphatic heterocycles. The van der Waals surface area contributed by atoms with Crippen LogP contribution in [0, 0.1) is 5.82 Å². The number of nitrogens with zero attached hydrogens (tertiary/aromatic N) is 2. The summed E-state index contributed by atoms with van der Waals surface area (Å²) in [6.07, 6.45) is 1.54. The topological polar surface area (TPSA) is 63.2 Å². The zero-order chi connectivity index (χ0) is 17.9. The van der Waals surface area contributed by atoms with Gasteiger partial charge in [-0.15, -0.1) is 0 Å². The van der Waals surface area contributed by atoms with E-state index in [4.69, 9.17) is 9.47 Å². The second-order valence-corrected chi connectivity index (χ2v) is 6.66. The van der Waals surface area contributed by atoms with E-state index in [1.165, 1.54) is 12.1 Å². The lowest BCUT2D eigenvalue weighted by atomic mass is 10.0. The Morgan fingerprint density at radius 3 is 2.96 bits per heavy atom. The van der Waals surface area contributed by atoms with E-state index in [0.29, 0.717) is 35.6 Å². The summed E-state index contributed by atoms with van der Waals surface area (Å²) in [5, 5.41) is 2.70. The molecular formula is C19H22FN3O3. The van der Waals surface area contributed by atoms with Gasteiger partial charge in [0.1, 0.15) is 18.2 Å². The number of carbonyl (C=O) groups is 1. The van der Waals surface area contributed by atoms with E-state index in [9.17, 15) is 9.18 Å². The maximum atomic E-state index is 13.3. The van der Waals surface area contributed by atoms with E-state index >= 15 is 0 Å². The van der Waals surface area contributed by atoms with Crippen molar-refractivity contribution in [2.24, 2.45) is 4.99 Å². The highest BCUT2D eigenvalue weighted by Gasteiger charge is 2.31. The van der Waals surface area contributed by atoms with Crippen LogP contribution in [0.25, 0.3) is 5.57 Å². The fraction of sp³-hybridized carbons (Fsp3) is 0.474. The van der Waals surface area contributed by atoms with Crippen molar-refractivity contribution >= 4 is 22.9 Å². The Balaban J connectivity index is 1.37. The molecule has 0 aromatic heterocycles. The number of anilines is 1. The number of halogens is 1. The van der Waals surface area contributed by atoms with Gasteiger partial charge in [0.25, 0.3) is 5.91 Å². The molecule has 1 aromatic rings. The van der Waals surface area contributed by atoms with Gasteiger partial charge in [0.15, 0.2) is 0 Å². The summed E-state index contributed by atoms with van der Waals surface area (Å²) in [5.74, 6) is 0.0131. The van der Waals surface area contributed by atoms with Gasteiger partial charge in [0.2, 0.25) is 0 Å². The molecule has 0 saturated carbocycles. The van der Waals surface area contributed by atoms with Crippen molar-refractivity contribution in [1.82, 2.24) is 4.90 Å². The summed E-state index contributed by atoms with van der Waals surface area (Å²) in [7, 11) is 0. The maximum absolute atomic E-state index is 13.3. The largest absolute Gasteiger partial charge is 0.491 e. The Hall–Kier alpha value is -2.25. The lowest BCUT2D eigenvalue weighted by Gasteiger charge is -2.26. The second kappa shape index (κ2) is 7.55. The summed E-state index contributed by atoms with van der Waals surface area (Å²) >= 11 is 0. The Morgan fingerprint density at radius 2 is 2.12 bits per heavy atom. The Bertz CT molecular complexity index is 769. The fourth-order valence-corrected chi connectivity index (χ4v) is 3.50. The van der Waals surface area contributed by atoms with Gasteiger partial charge in [0, 0.05) is 38.2 Å². The van der Waals surface area contributed by atoms with Gasteiger partial charge in [0.05, 0.1) is 30.2 Å². The molecule has 6 nitrogen and oxygen atoms in total. The summed E-state index contributed by atoms with van der Waals surface area (Å²) in [6, 6.07) is 4.30. The van der Waals surface area contributed by atoms with Gasteiger partial charge in [-0.25, -0.2) is 4.39 Å². The standard InChI is InChI=1S/C19H22FN3O3/c20-13-2-3-15-16(10-13)22-19(24)18(15)17-11-14(12-26-17)21-4-1-5-23-6-8-25-9-7-23/h2-3,10H,1,4-9,11-12H2,(H,22,24). The van der Waals surface area contributed by atoms with Gasteiger partial charge in [-0.05, 0) is 24.6 Å². The zero-order valence-electron chi connectivity index (χ0n) is 14.6. The predicted molar refractivity (Wildman–Crippen MR) is 96.7 cm³/mol. The Labute approximate surface area is 151 Å². The van der Waals surface area contributed by atoms with Crippen LogP contribution in [0.1, 0.15) is 18.4 Å². The molecule has 3 heterocycles. The van der Waals surface area contributed by atoms with Gasteiger partial charge in [-0.3, -0.25) is 14.7 Å². The van der Waals surface area contributed by atoms with Gasteiger partial charge in [-0.2, -0.15) is 0 Å². The molecule has 3 aliphatic rings. The second-order valence-electron chi connectivity index (χ2n) is 6.66. The highest BCUT2D eigenvalue weighted by Crippen LogP contribution is 2.36. The molecule has 0 bridgehead atoms. The number of hydrogen-bond donors (Lipinski definition) is 1. The quantitative estimate of drug-likeness (QED) is 0.660. The molecule has 4 rings (SSSR count). The first kappa shape index (κ1) is 17.2. The lowest BCUT2D eigenvalue weighted by molar-refractivity contribution is -0.110. The normalized spacial score (nSPS) is 24.7. The van der Waals surface area contributed by atoms with Crippen molar-refractivity contribution in [2.75, 3.05) is 51.3 Å². The third-order valence-corrected chi connectivity index (χ3v) is 4.85. The predicted octanol–water partition coefficient (Wildman–Crippen LogP) is 2.07. The summed E-state index contributed by atoms with van der Waals surface area (Å²) < 4.78 is 24.4. The summed E-state index contributed by atoms with van der Waals surface area (Å²) in [5.41, 5.74) is 2.65. The smallest absolute Gasteiger partial charge is 0.259 e. The van der Waals surface area contributed by atoms with Gasteiger partial charge < -0.3 is 14.8 Å². The number of hydrogen-bond acceptors (Lipinski definition) is 5. The number of rotatable bonds is 4. The first-order valence-electron chi connectivity index (χ1n) is 9.00. The van der Waals surface area contributed by atoms with Crippen LogP contribution in [0.15, 0.2) is 29.0 Å². The average molecular weight is 359 g/mol. The maximum Gasteiger partial charge on any atom is 0.259 e. The van der Waals surface area contributed by atoms with Crippen LogP contribution in [0.4, 0.5) is 10.1 Å². The number of ether oxygens (including phenoxy) is 2. The number of carbonyl (C=O) groups excluding carboxylic acids is 1. The Morgan fingerprint density at radius 1 is 1.27 bits per heavy atom. The molecule has 1 amide bonds. The lowest BCUT2D eigenvalue weighted by Crippen LogP contribution is -2.37. The Kier molecular flexibility index (Phi) is 4.99. The average Bonchev–Trinajstić information content (AvgIpc) is 3.22. The SMILES string of the molecule is O=C1Nc2cc(F)ccc2C1=C1CC(=NCCCN2CCOCC2)CO1. The van der Waals surface area contributed by atoms with Gasteiger partial charge in [-0.1, -0.05) is 0 Å². The minimum Gasteiger partial charge on any atom is -0.491 e. The highest BCUT2D eigenvalue weighted by atomic mass is 19.1. The van der Waals surface area contributed by atoms with Crippen LogP contribution >= 0.6 is 0 Å². The van der Waals surface area contributed by atoms with E-state index in [1.54, 1.807) is 6.07 Å². The summed E-state index contributed by atoms with van der Waals surface area (Å²) in [4.78, 5) is 19.3. The molecular weight excluding hydrogens is 337 g/mol. The molecule has 0 atom stereocenters. The van der Waals surface area contributed by atoms with Crippen LogP contribution in [-0.2, 0) is 14.3 Å². The van der Waals surface area contributed by atoms with Crippen LogP contribution in [-0.4, -0.2) is 62.5 Å². The van der Waals surface area contributed by atoms with Gasteiger partial charge >= 0.3 is 0 Å². The third kappa shape index (κ3) is 3.64. The first-order chi connectivity index (χ1) is 12.7. The molecule has 2 fully saturated rings. The highest BCUT2D eigenvalue weighted by molar-refractivity contribution is 6.32. The monoisotopic (exact) mass is 359 g/mol.